The molecule has 5 heteroatoms. The molecule has 14 heavy (non-hydrogen) atoms. The van der Waals surface area contributed by atoms with E-state index in [-0.39, 0.29) is 5.92 Å². The molecule has 4 amide bonds. The van der Waals surface area contributed by atoms with Gasteiger partial charge >= 0.3 is 6.03 Å². The maximum absolute atomic E-state index is 11.3. The molecule has 1 saturated heterocycles. The van der Waals surface area contributed by atoms with Crippen molar-refractivity contribution in [2.75, 3.05) is 0 Å². The summed E-state index contributed by atoms with van der Waals surface area (Å²) in [4.78, 5) is 33.3. The zero-order valence-corrected chi connectivity index (χ0v) is 8.03. The Labute approximate surface area is 81.5 Å². The van der Waals surface area contributed by atoms with Crippen molar-refractivity contribution in [2.24, 2.45) is 11.8 Å². The first kappa shape index (κ1) is 10.4. The van der Waals surface area contributed by atoms with E-state index in [9.17, 15) is 14.4 Å². The van der Waals surface area contributed by atoms with Gasteiger partial charge in [-0.15, -0.1) is 0 Å². The molecule has 0 aliphatic carbocycles. The number of urea groups is 1. The van der Waals surface area contributed by atoms with Crippen molar-refractivity contribution in [3.05, 3.63) is 12.2 Å². The van der Waals surface area contributed by atoms with E-state index in [0.717, 1.165) is 0 Å². The lowest BCUT2D eigenvalue weighted by Gasteiger charge is -2.23. The van der Waals surface area contributed by atoms with Crippen LogP contribution in [0.25, 0.3) is 0 Å². The third-order valence-electron chi connectivity index (χ3n) is 2.06. The molecule has 5 nitrogen and oxygen atoms in total. The van der Waals surface area contributed by atoms with Crippen LogP contribution in [0, 0.1) is 11.8 Å². The fourth-order valence-electron chi connectivity index (χ4n) is 1.42. The molecule has 1 atom stereocenters. The van der Waals surface area contributed by atoms with Crippen LogP contribution in [0.15, 0.2) is 12.2 Å². The number of hydrogen-bond acceptors (Lipinski definition) is 3. The van der Waals surface area contributed by atoms with Crippen molar-refractivity contribution in [2.45, 2.75) is 13.8 Å². The summed E-state index contributed by atoms with van der Waals surface area (Å²) in [5.41, 5.74) is 0. The first-order chi connectivity index (χ1) is 6.56. The highest BCUT2D eigenvalue weighted by molar-refractivity contribution is 6.16. The number of nitrogens with one attached hydrogen (secondary N) is 2. The molecular weight excluding hydrogens is 184 g/mol. The van der Waals surface area contributed by atoms with Gasteiger partial charge in [-0.2, -0.15) is 0 Å². The summed E-state index contributed by atoms with van der Waals surface area (Å²) < 4.78 is 0. The largest absolute Gasteiger partial charge is 0.328 e. The lowest BCUT2D eigenvalue weighted by molar-refractivity contribution is -0.137. The standard InChI is InChI=1S/C9H12N2O3/c1-3-4-5(2)6-7(12)10-9(14)11-8(6)13/h3-6H,1-2H3,(H2,10,11,12,13,14)/b4-3+. The highest BCUT2D eigenvalue weighted by Crippen LogP contribution is 2.15. The van der Waals surface area contributed by atoms with E-state index < -0.39 is 23.8 Å². The maximum Gasteiger partial charge on any atom is 0.328 e. The number of rotatable bonds is 2. The van der Waals surface area contributed by atoms with Gasteiger partial charge in [0.05, 0.1) is 0 Å². The Hall–Kier alpha value is -1.65. The highest BCUT2D eigenvalue weighted by atomic mass is 16.2. The normalized spacial score (nSPS) is 20.9. The minimum absolute atomic E-state index is 0.215. The lowest BCUT2D eigenvalue weighted by Crippen LogP contribution is -2.57. The number of amides is 4. The number of allylic oxidation sites excluding steroid dienone is 2. The molecule has 0 bridgehead atoms. The van der Waals surface area contributed by atoms with Gasteiger partial charge in [-0.1, -0.05) is 19.1 Å². The van der Waals surface area contributed by atoms with Crippen molar-refractivity contribution in [1.82, 2.24) is 10.6 Å². The van der Waals surface area contributed by atoms with Crippen LogP contribution in [0.1, 0.15) is 13.8 Å². The zero-order valence-electron chi connectivity index (χ0n) is 8.03. The van der Waals surface area contributed by atoms with Crippen molar-refractivity contribution in [1.29, 1.82) is 0 Å². The summed E-state index contributed by atoms with van der Waals surface area (Å²) in [6.45, 7) is 3.56. The van der Waals surface area contributed by atoms with E-state index in [4.69, 9.17) is 0 Å². The second-order valence-corrected chi connectivity index (χ2v) is 3.17. The minimum Gasteiger partial charge on any atom is -0.277 e. The quantitative estimate of drug-likeness (QED) is 0.488. The number of carbonyl (C=O) groups excluding carboxylic acids is 3. The Bertz CT molecular complexity index is 289. The SMILES string of the molecule is C/C=C/C(C)C1C(=O)NC(=O)NC1=O. The summed E-state index contributed by atoms with van der Waals surface area (Å²) in [6.07, 6.45) is 3.52. The maximum atomic E-state index is 11.3. The summed E-state index contributed by atoms with van der Waals surface area (Å²) in [5.74, 6) is -2.11. The fraction of sp³-hybridized carbons (Fsp3) is 0.444. The van der Waals surface area contributed by atoms with Gasteiger partial charge in [0, 0.05) is 0 Å². The van der Waals surface area contributed by atoms with E-state index in [1.54, 1.807) is 26.0 Å². The third-order valence-corrected chi connectivity index (χ3v) is 2.06. The van der Waals surface area contributed by atoms with Crippen molar-refractivity contribution in [3.8, 4) is 0 Å². The van der Waals surface area contributed by atoms with Crippen LogP contribution >= 0.6 is 0 Å². The molecule has 1 aliphatic heterocycles. The summed E-state index contributed by atoms with van der Waals surface area (Å²) in [5, 5.41) is 4.11. The summed E-state index contributed by atoms with van der Waals surface area (Å²) >= 11 is 0. The number of carbonyl (C=O) groups is 3. The van der Waals surface area contributed by atoms with E-state index >= 15 is 0 Å². The lowest BCUT2D eigenvalue weighted by atomic mass is 9.91. The molecule has 2 N–H and O–H groups in total. The Morgan fingerprint density at radius 2 is 1.71 bits per heavy atom. The van der Waals surface area contributed by atoms with Gasteiger partial charge in [0.1, 0.15) is 5.92 Å². The number of hydrogen-bond donors (Lipinski definition) is 2. The van der Waals surface area contributed by atoms with Crippen LogP contribution in [-0.4, -0.2) is 17.8 Å². The molecule has 0 radical (unpaired) electrons. The highest BCUT2D eigenvalue weighted by Gasteiger charge is 2.36. The predicted octanol–water partition coefficient (Wildman–Crippen LogP) is 0.181. The zero-order chi connectivity index (χ0) is 10.7. The average molecular weight is 196 g/mol. The molecular formula is C9H12N2O3. The van der Waals surface area contributed by atoms with Crippen LogP contribution in [0.5, 0.6) is 0 Å². The van der Waals surface area contributed by atoms with Gasteiger partial charge in [0.15, 0.2) is 0 Å². The van der Waals surface area contributed by atoms with Gasteiger partial charge in [-0.25, -0.2) is 4.79 Å². The van der Waals surface area contributed by atoms with E-state index in [1.165, 1.54) is 0 Å². The first-order valence-electron chi connectivity index (χ1n) is 4.34. The van der Waals surface area contributed by atoms with Crippen LogP contribution < -0.4 is 10.6 Å². The van der Waals surface area contributed by atoms with Gasteiger partial charge in [-0.3, -0.25) is 20.2 Å². The fourth-order valence-corrected chi connectivity index (χ4v) is 1.42. The molecule has 1 unspecified atom stereocenters. The molecule has 76 valence electrons. The van der Waals surface area contributed by atoms with E-state index in [0.29, 0.717) is 0 Å². The number of barbiturate groups is 1. The van der Waals surface area contributed by atoms with Gasteiger partial charge in [-0.05, 0) is 12.8 Å². The molecule has 0 aromatic carbocycles. The van der Waals surface area contributed by atoms with Gasteiger partial charge < -0.3 is 0 Å². The molecule has 0 saturated carbocycles. The number of imide groups is 2. The van der Waals surface area contributed by atoms with Crippen molar-refractivity contribution >= 4 is 17.8 Å². The molecule has 1 fully saturated rings. The van der Waals surface area contributed by atoms with Gasteiger partial charge in [0.2, 0.25) is 11.8 Å². The molecule has 0 spiro atoms. The average Bonchev–Trinajstić information content (AvgIpc) is 2.01. The van der Waals surface area contributed by atoms with Crippen LogP contribution in [0.3, 0.4) is 0 Å². The molecule has 0 aromatic heterocycles. The van der Waals surface area contributed by atoms with Crippen LogP contribution in [0.2, 0.25) is 0 Å². The third kappa shape index (κ3) is 1.99. The predicted molar refractivity (Wildman–Crippen MR) is 49.1 cm³/mol. The molecule has 1 rings (SSSR count). The molecule has 0 aromatic rings. The van der Waals surface area contributed by atoms with Crippen LogP contribution in [0.4, 0.5) is 4.79 Å². The smallest absolute Gasteiger partial charge is 0.277 e. The monoisotopic (exact) mass is 196 g/mol. The Kier molecular flexibility index (Phi) is 3.01. The Balaban J connectivity index is 2.82. The van der Waals surface area contributed by atoms with E-state index in [2.05, 4.69) is 10.6 Å². The van der Waals surface area contributed by atoms with Crippen LogP contribution in [-0.2, 0) is 9.59 Å². The van der Waals surface area contributed by atoms with Crippen molar-refractivity contribution in [3.63, 3.8) is 0 Å². The topological polar surface area (TPSA) is 75.3 Å². The Morgan fingerprint density at radius 3 is 2.14 bits per heavy atom. The van der Waals surface area contributed by atoms with Crippen molar-refractivity contribution < 1.29 is 14.4 Å². The molecule has 1 aliphatic rings. The van der Waals surface area contributed by atoms with E-state index in [1.807, 2.05) is 0 Å². The Morgan fingerprint density at radius 1 is 1.21 bits per heavy atom. The second kappa shape index (κ2) is 4.04. The first-order valence-corrected chi connectivity index (χ1v) is 4.34. The summed E-state index contributed by atoms with van der Waals surface area (Å²) in [7, 11) is 0. The second-order valence-electron chi connectivity index (χ2n) is 3.17. The minimum atomic E-state index is -0.816. The van der Waals surface area contributed by atoms with Gasteiger partial charge in [0.25, 0.3) is 0 Å². The molecule has 1 heterocycles. The summed E-state index contributed by atoms with van der Waals surface area (Å²) in [6, 6.07) is -0.746.